The lowest BCUT2D eigenvalue weighted by atomic mass is 9.77. The van der Waals surface area contributed by atoms with E-state index in [-0.39, 0.29) is 43.8 Å². The molecular formula is C33H49N3O5. The van der Waals surface area contributed by atoms with Crippen molar-refractivity contribution in [3.8, 4) is 0 Å². The minimum atomic E-state index is -1.17. The van der Waals surface area contributed by atoms with Crippen molar-refractivity contribution in [2.75, 3.05) is 6.54 Å². The number of rotatable bonds is 16. The van der Waals surface area contributed by atoms with Crippen LogP contribution in [-0.4, -0.2) is 57.8 Å². The van der Waals surface area contributed by atoms with Gasteiger partial charge in [-0.1, -0.05) is 108 Å². The minimum absolute atomic E-state index is 0.0397. The van der Waals surface area contributed by atoms with E-state index in [0.29, 0.717) is 0 Å². The van der Waals surface area contributed by atoms with E-state index in [1.807, 2.05) is 81.4 Å². The van der Waals surface area contributed by atoms with Crippen LogP contribution in [0.25, 0.3) is 0 Å². The van der Waals surface area contributed by atoms with Crippen molar-refractivity contribution in [1.82, 2.24) is 15.5 Å². The molecule has 2 aromatic carbocycles. The summed E-state index contributed by atoms with van der Waals surface area (Å²) in [7, 11) is 0. The molecular weight excluding hydrogens is 518 g/mol. The maximum atomic E-state index is 13.4. The molecule has 3 atom stereocenters. The largest absolute Gasteiger partial charge is 0.465 e. The third-order valence-electron chi connectivity index (χ3n) is 7.45. The van der Waals surface area contributed by atoms with Crippen molar-refractivity contribution in [1.29, 1.82) is 0 Å². The molecule has 226 valence electrons. The van der Waals surface area contributed by atoms with Gasteiger partial charge in [0.15, 0.2) is 0 Å². The van der Waals surface area contributed by atoms with Crippen LogP contribution >= 0.6 is 0 Å². The van der Waals surface area contributed by atoms with Crippen LogP contribution in [0.4, 0.5) is 4.79 Å². The molecule has 0 unspecified atom stereocenters. The molecule has 0 aliphatic heterocycles. The first-order valence-electron chi connectivity index (χ1n) is 14.8. The lowest BCUT2D eigenvalue weighted by molar-refractivity contribution is -0.134. The van der Waals surface area contributed by atoms with Crippen LogP contribution in [0.3, 0.4) is 0 Å². The Bertz CT molecular complexity index is 1070. The SMILES string of the molecule is CCCC(CCC)NC(=O)C[C@@H](C(=O)NC[C@@H](O)[C@H](Cc1ccccc1)N(Cc1ccccc1)C(=O)O)C(C)(C)C. The Labute approximate surface area is 245 Å². The first kappa shape index (κ1) is 33.8. The third kappa shape index (κ3) is 11.6. The summed E-state index contributed by atoms with van der Waals surface area (Å²) in [6.45, 7) is 9.88. The summed E-state index contributed by atoms with van der Waals surface area (Å²) < 4.78 is 0. The number of carbonyl (C=O) groups excluding carboxylic acids is 2. The first-order chi connectivity index (χ1) is 19.5. The van der Waals surface area contributed by atoms with Gasteiger partial charge in [-0.25, -0.2) is 4.79 Å². The number of aliphatic hydroxyl groups is 1. The number of nitrogens with one attached hydrogen (secondary N) is 2. The van der Waals surface area contributed by atoms with Crippen molar-refractivity contribution in [2.24, 2.45) is 11.3 Å². The zero-order chi connectivity index (χ0) is 30.4. The number of nitrogens with zero attached hydrogens (tertiary/aromatic N) is 1. The molecule has 4 N–H and O–H groups in total. The van der Waals surface area contributed by atoms with Gasteiger partial charge in [-0.3, -0.25) is 14.5 Å². The number of aliphatic hydroxyl groups excluding tert-OH is 1. The highest BCUT2D eigenvalue weighted by atomic mass is 16.4. The van der Waals surface area contributed by atoms with Gasteiger partial charge in [0.2, 0.25) is 11.8 Å². The van der Waals surface area contributed by atoms with E-state index in [0.717, 1.165) is 36.8 Å². The van der Waals surface area contributed by atoms with E-state index in [9.17, 15) is 24.6 Å². The van der Waals surface area contributed by atoms with E-state index in [4.69, 9.17) is 0 Å². The lowest BCUT2D eigenvalue weighted by Gasteiger charge is -2.34. The van der Waals surface area contributed by atoms with Gasteiger partial charge < -0.3 is 20.8 Å². The fourth-order valence-electron chi connectivity index (χ4n) is 5.13. The smallest absolute Gasteiger partial charge is 0.407 e. The topological polar surface area (TPSA) is 119 Å². The number of hydrogen-bond acceptors (Lipinski definition) is 4. The predicted molar refractivity (Wildman–Crippen MR) is 162 cm³/mol. The molecule has 0 fully saturated rings. The Kier molecular flexibility index (Phi) is 13.8. The van der Waals surface area contributed by atoms with Crippen molar-refractivity contribution < 1.29 is 24.6 Å². The van der Waals surface area contributed by atoms with Crippen LogP contribution in [0.1, 0.15) is 77.8 Å². The van der Waals surface area contributed by atoms with Crippen LogP contribution in [0, 0.1) is 11.3 Å². The average molecular weight is 568 g/mol. The van der Waals surface area contributed by atoms with E-state index < -0.39 is 29.6 Å². The van der Waals surface area contributed by atoms with Crippen molar-refractivity contribution >= 4 is 17.9 Å². The maximum Gasteiger partial charge on any atom is 0.407 e. The summed E-state index contributed by atoms with van der Waals surface area (Å²) in [4.78, 5) is 40.0. The maximum absolute atomic E-state index is 13.4. The van der Waals surface area contributed by atoms with Gasteiger partial charge in [-0.2, -0.15) is 0 Å². The molecule has 2 aromatic rings. The summed E-state index contributed by atoms with van der Waals surface area (Å²) in [5, 5.41) is 27.4. The number of carboxylic acid groups (broad SMARTS) is 1. The summed E-state index contributed by atoms with van der Waals surface area (Å²) in [5.74, 6) is -1.11. The molecule has 0 aliphatic carbocycles. The molecule has 0 saturated carbocycles. The summed E-state index contributed by atoms with van der Waals surface area (Å²) in [5.41, 5.74) is 1.17. The molecule has 0 saturated heterocycles. The fourth-order valence-corrected chi connectivity index (χ4v) is 5.13. The Hall–Kier alpha value is -3.39. The summed E-state index contributed by atoms with van der Waals surface area (Å²) in [6, 6.07) is 17.9. The van der Waals surface area contributed by atoms with Gasteiger partial charge in [0.05, 0.1) is 18.1 Å². The van der Waals surface area contributed by atoms with Gasteiger partial charge in [-0.05, 0) is 35.8 Å². The Balaban J connectivity index is 2.19. The zero-order valence-electron chi connectivity index (χ0n) is 25.3. The Morgan fingerprint density at radius 3 is 1.90 bits per heavy atom. The highest BCUT2D eigenvalue weighted by molar-refractivity contribution is 5.86. The zero-order valence-corrected chi connectivity index (χ0v) is 25.3. The van der Waals surface area contributed by atoms with Gasteiger partial charge in [0.1, 0.15) is 0 Å². The monoisotopic (exact) mass is 567 g/mol. The van der Waals surface area contributed by atoms with Gasteiger partial charge >= 0.3 is 6.09 Å². The van der Waals surface area contributed by atoms with Gasteiger partial charge in [0, 0.05) is 25.6 Å². The van der Waals surface area contributed by atoms with E-state index in [1.54, 1.807) is 0 Å². The molecule has 0 aromatic heterocycles. The molecule has 2 rings (SSSR count). The van der Waals surface area contributed by atoms with Gasteiger partial charge in [0.25, 0.3) is 0 Å². The quantitative estimate of drug-likeness (QED) is 0.217. The molecule has 0 bridgehead atoms. The molecule has 41 heavy (non-hydrogen) atoms. The molecule has 3 amide bonds. The molecule has 0 radical (unpaired) electrons. The second-order valence-corrected chi connectivity index (χ2v) is 11.9. The molecule has 8 nitrogen and oxygen atoms in total. The number of benzene rings is 2. The Morgan fingerprint density at radius 2 is 1.41 bits per heavy atom. The van der Waals surface area contributed by atoms with E-state index in [1.165, 1.54) is 4.90 Å². The second kappa shape index (κ2) is 16.8. The Morgan fingerprint density at radius 1 is 0.878 bits per heavy atom. The molecule has 0 heterocycles. The first-order valence-corrected chi connectivity index (χ1v) is 14.8. The summed E-state index contributed by atoms with van der Waals surface area (Å²) in [6.07, 6.45) is 1.71. The summed E-state index contributed by atoms with van der Waals surface area (Å²) >= 11 is 0. The van der Waals surface area contributed by atoms with E-state index >= 15 is 0 Å². The van der Waals surface area contributed by atoms with Crippen LogP contribution in [0.2, 0.25) is 0 Å². The van der Waals surface area contributed by atoms with Crippen LogP contribution in [0.15, 0.2) is 60.7 Å². The van der Waals surface area contributed by atoms with E-state index in [2.05, 4.69) is 24.5 Å². The fraction of sp³-hybridized carbons (Fsp3) is 0.545. The third-order valence-corrected chi connectivity index (χ3v) is 7.45. The predicted octanol–water partition coefficient (Wildman–Crippen LogP) is 5.39. The normalized spacial score (nSPS) is 13.7. The van der Waals surface area contributed by atoms with Crippen molar-refractivity contribution in [2.45, 2.75) is 97.9 Å². The standard InChI is InChI=1S/C33H49N3O5/c1-6-14-26(15-7-2)35-30(38)21-27(33(3,4)5)31(39)34-22-29(37)28(20-24-16-10-8-11-17-24)36(32(40)41)23-25-18-12-9-13-19-25/h8-13,16-19,26-29,37H,6-7,14-15,20-23H2,1-5H3,(H,34,39)(H,35,38)(H,40,41)/t27-,28-,29+/m0/s1. The van der Waals surface area contributed by atoms with Crippen molar-refractivity contribution in [3.63, 3.8) is 0 Å². The van der Waals surface area contributed by atoms with Crippen LogP contribution < -0.4 is 10.6 Å². The molecule has 0 spiro atoms. The average Bonchev–Trinajstić information content (AvgIpc) is 2.92. The molecule has 8 heteroatoms. The molecule has 0 aliphatic rings. The minimum Gasteiger partial charge on any atom is -0.465 e. The number of hydrogen-bond donors (Lipinski definition) is 4. The lowest BCUT2D eigenvalue weighted by Crippen LogP contribution is -2.52. The number of carbonyl (C=O) groups is 3. The van der Waals surface area contributed by atoms with Crippen molar-refractivity contribution in [3.05, 3.63) is 71.8 Å². The highest BCUT2D eigenvalue weighted by Crippen LogP contribution is 2.29. The van der Waals surface area contributed by atoms with Crippen LogP contribution in [0.5, 0.6) is 0 Å². The van der Waals surface area contributed by atoms with Gasteiger partial charge in [-0.15, -0.1) is 0 Å². The second-order valence-electron chi connectivity index (χ2n) is 11.9. The highest BCUT2D eigenvalue weighted by Gasteiger charge is 2.35. The number of amides is 3. The van der Waals surface area contributed by atoms with Crippen LogP contribution in [-0.2, 0) is 22.6 Å².